The van der Waals surface area contributed by atoms with Crippen LogP contribution in [-0.2, 0) is 0 Å². The van der Waals surface area contributed by atoms with Gasteiger partial charge in [0.05, 0.1) is 11.2 Å². The van der Waals surface area contributed by atoms with E-state index < -0.39 is 0 Å². The lowest BCUT2D eigenvalue weighted by atomic mass is 10.0. The number of anilines is 1. The van der Waals surface area contributed by atoms with E-state index in [2.05, 4.69) is 9.71 Å². The van der Waals surface area contributed by atoms with Gasteiger partial charge in [0.15, 0.2) is 0 Å². The third-order valence-corrected chi connectivity index (χ3v) is 4.15. The van der Waals surface area contributed by atoms with E-state index >= 15 is 0 Å². The zero-order valence-electron chi connectivity index (χ0n) is 9.85. The van der Waals surface area contributed by atoms with Crippen LogP contribution < -0.4 is 4.72 Å². The van der Waals surface area contributed by atoms with Crippen LogP contribution in [0.25, 0.3) is 22.0 Å². The van der Waals surface area contributed by atoms with Crippen molar-refractivity contribution in [3.8, 4) is 11.1 Å². The molecule has 2 nitrogen and oxygen atoms in total. The van der Waals surface area contributed by atoms with Crippen molar-refractivity contribution in [2.45, 2.75) is 4.90 Å². The third kappa shape index (κ3) is 1.60. The number of hydrogen-bond acceptors (Lipinski definition) is 3. The summed E-state index contributed by atoms with van der Waals surface area (Å²) in [4.78, 5) is 5.45. The van der Waals surface area contributed by atoms with E-state index in [1.165, 1.54) is 18.0 Å². The molecule has 2 aromatic carbocycles. The van der Waals surface area contributed by atoms with Crippen LogP contribution in [0.1, 0.15) is 0 Å². The van der Waals surface area contributed by atoms with Crippen molar-refractivity contribution in [3.05, 3.63) is 54.5 Å². The first-order chi connectivity index (χ1) is 9.33. The van der Waals surface area contributed by atoms with Crippen molar-refractivity contribution in [3.63, 3.8) is 0 Å². The summed E-state index contributed by atoms with van der Waals surface area (Å²) in [7, 11) is 0. The monoisotopic (exact) mass is 268 g/mol. The zero-order chi connectivity index (χ0) is 12.8. The summed E-state index contributed by atoms with van der Waals surface area (Å²) >= 11 is 1.50. The quantitative estimate of drug-likeness (QED) is 0.609. The molecule has 1 N–H and O–H groups in total. The van der Waals surface area contributed by atoms with Crippen LogP contribution >= 0.6 is 11.9 Å². The summed E-state index contributed by atoms with van der Waals surface area (Å²) < 4.78 is 16.8. The van der Waals surface area contributed by atoms with Crippen molar-refractivity contribution < 1.29 is 4.39 Å². The molecule has 2 heterocycles. The van der Waals surface area contributed by atoms with E-state index in [0.29, 0.717) is 0 Å². The first-order valence-electron chi connectivity index (χ1n) is 5.93. The van der Waals surface area contributed by atoms with Crippen LogP contribution in [0.5, 0.6) is 0 Å². The van der Waals surface area contributed by atoms with Gasteiger partial charge in [-0.3, -0.25) is 4.98 Å². The Morgan fingerprint density at radius 2 is 2.00 bits per heavy atom. The lowest BCUT2D eigenvalue weighted by Gasteiger charge is -2.21. The molecule has 1 aliphatic heterocycles. The molecule has 92 valence electrons. The summed E-state index contributed by atoms with van der Waals surface area (Å²) in [5.74, 6) is -0.215. The number of nitrogens with one attached hydrogen (secondary N) is 1. The van der Waals surface area contributed by atoms with E-state index in [1.807, 2.05) is 24.3 Å². The zero-order valence-corrected chi connectivity index (χ0v) is 10.7. The van der Waals surface area contributed by atoms with Crippen LogP contribution in [0, 0.1) is 5.82 Å². The second-order valence-electron chi connectivity index (χ2n) is 4.41. The first-order valence-corrected chi connectivity index (χ1v) is 6.75. The molecule has 19 heavy (non-hydrogen) atoms. The first kappa shape index (κ1) is 10.8. The standard InChI is InChI=1S/C15H9FN2S/c16-10-4-6-13-12(8-10)11-5-3-9-2-1-7-17-14(9)15(11)18-19-13/h1-8,18H. The molecule has 0 amide bonds. The van der Waals surface area contributed by atoms with Crippen LogP contribution in [0.2, 0.25) is 0 Å². The third-order valence-electron chi connectivity index (χ3n) is 3.27. The van der Waals surface area contributed by atoms with Gasteiger partial charge in [-0.1, -0.05) is 18.2 Å². The number of aromatic nitrogens is 1. The lowest BCUT2D eigenvalue weighted by Crippen LogP contribution is -2.00. The number of pyridine rings is 1. The highest BCUT2D eigenvalue weighted by Gasteiger charge is 2.19. The second kappa shape index (κ2) is 3.96. The maximum Gasteiger partial charge on any atom is 0.123 e. The summed E-state index contributed by atoms with van der Waals surface area (Å²) in [5, 5.41) is 1.08. The smallest absolute Gasteiger partial charge is 0.123 e. The van der Waals surface area contributed by atoms with E-state index in [9.17, 15) is 4.39 Å². The van der Waals surface area contributed by atoms with Gasteiger partial charge in [-0.2, -0.15) is 0 Å². The number of benzene rings is 2. The van der Waals surface area contributed by atoms with E-state index in [1.54, 1.807) is 18.3 Å². The van der Waals surface area contributed by atoms with Gasteiger partial charge in [-0.15, -0.1) is 0 Å². The maximum absolute atomic E-state index is 13.5. The molecule has 4 heteroatoms. The minimum atomic E-state index is -0.215. The predicted octanol–water partition coefficient (Wildman–Crippen LogP) is 4.47. The molecule has 0 saturated carbocycles. The molecule has 0 spiro atoms. The van der Waals surface area contributed by atoms with Crippen LogP contribution in [0.4, 0.5) is 10.1 Å². The van der Waals surface area contributed by atoms with Crippen LogP contribution in [-0.4, -0.2) is 4.98 Å². The Hall–Kier alpha value is -2.07. The van der Waals surface area contributed by atoms with Crippen LogP contribution in [0.3, 0.4) is 0 Å². The Labute approximate surface area is 113 Å². The van der Waals surface area contributed by atoms with E-state index in [4.69, 9.17) is 0 Å². The average molecular weight is 268 g/mol. The normalized spacial score (nSPS) is 12.7. The van der Waals surface area contributed by atoms with Crippen molar-refractivity contribution in [1.82, 2.24) is 4.98 Å². The predicted molar refractivity (Wildman–Crippen MR) is 76.6 cm³/mol. The van der Waals surface area contributed by atoms with Gasteiger partial charge >= 0.3 is 0 Å². The molecule has 1 aromatic heterocycles. The maximum atomic E-state index is 13.5. The number of halogens is 1. The molecule has 1 aliphatic rings. The fourth-order valence-electron chi connectivity index (χ4n) is 2.38. The molecular formula is C15H9FN2S. The summed E-state index contributed by atoms with van der Waals surface area (Å²) in [6, 6.07) is 12.8. The van der Waals surface area contributed by atoms with Crippen LogP contribution in [0.15, 0.2) is 53.6 Å². The van der Waals surface area contributed by atoms with Gasteiger partial charge in [0.25, 0.3) is 0 Å². The fraction of sp³-hybridized carbons (Fsp3) is 0. The van der Waals surface area contributed by atoms with Crippen molar-refractivity contribution in [1.29, 1.82) is 0 Å². The molecular weight excluding hydrogens is 259 g/mol. The SMILES string of the molecule is Fc1ccc2c(c1)-c1ccc3cccnc3c1NS2. The minimum Gasteiger partial charge on any atom is -0.323 e. The Morgan fingerprint density at radius 1 is 1.05 bits per heavy atom. The number of fused-ring (bicyclic) bond motifs is 5. The Bertz CT molecular complexity index is 801. The highest BCUT2D eigenvalue weighted by atomic mass is 32.2. The summed E-state index contributed by atoms with van der Waals surface area (Å²) in [6.07, 6.45) is 1.77. The molecule has 0 fully saturated rings. The van der Waals surface area contributed by atoms with Gasteiger partial charge in [0.2, 0.25) is 0 Å². The minimum absolute atomic E-state index is 0.215. The number of hydrogen-bond donors (Lipinski definition) is 1. The number of rotatable bonds is 0. The lowest BCUT2D eigenvalue weighted by molar-refractivity contribution is 0.627. The number of nitrogens with zero attached hydrogens (tertiary/aromatic N) is 1. The molecule has 3 aromatic rings. The van der Waals surface area contributed by atoms with E-state index in [0.717, 1.165) is 32.6 Å². The topological polar surface area (TPSA) is 24.9 Å². The highest BCUT2D eigenvalue weighted by molar-refractivity contribution is 8.00. The van der Waals surface area contributed by atoms with Gasteiger partial charge in [0, 0.05) is 27.6 Å². The Balaban J connectivity index is 2.07. The van der Waals surface area contributed by atoms with Crippen molar-refractivity contribution in [2.75, 3.05) is 4.72 Å². The highest BCUT2D eigenvalue weighted by Crippen LogP contribution is 2.44. The summed E-state index contributed by atoms with van der Waals surface area (Å²) in [5.41, 5.74) is 3.80. The van der Waals surface area contributed by atoms with Crippen molar-refractivity contribution in [2.24, 2.45) is 0 Å². The molecule has 0 bridgehead atoms. The Kier molecular flexibility index (Phi) is 2.26. The van der Waals surface area contributed by atoms with E-state index in [-0.39, 0.29) is 5.82 Å². The summed E-state index contributed by atoms with van der Waals surface area (Å²) in [6.45, 7) is 0. The molecule has 0 radical (unpaired) electrons. The van der Waals surface area contributed by atoms with Gasteiger partial charge in [0.1, 0.15) is 5.82 Å². The largest absolute Gasteiger partial charge is 0.323 e. The average Bonchev–Trinajstić information content (AvgIpc) is 2.46. The fourth-order valence-corrected chi connectivity index (χ4v) is 3.21. The van der Waals surface area contributed by atoms with Gasteiger partial charge in [-0.25, -0.2) is 4.39 Å². The molecule has 4 rings (SSSR count). The van der Waals surface area contributed by atoms with Gasteiger partial charge in [-0.05, 0) is 36.2 Å². The molecule has 0 unspecified atom stereocenters. The van der Waals surface area contributed by atoms with Crippen molar-refractivity contribution >= 4 is 28.5 Å². The molecule has 0 atom stereocenters. The Morgan fingerprint density at radius 3 is 2.95 bits per heavy atom. The van der Waals surface area contributed by atoms with Gasteiger partial charge < -0.3 is 4.72 Å². The molecule has 0 saturated heterocycles. The second-order valence-corrected chi connectivity index (χ2v) is 5.26. The molecule has 0 aliphatic carbocycles.